The van der Waals surface area contributed by atoms with Crippen LogP contribution in [-0.4, -0.2) is 32.6 Å². The highest BCUT2D eigenvalue weighted by Crippen LogP contribution is 2.23. The highest BCUT2D eigenvalue weighted by molar-refractivity contribution is 5.97. The molecule has 0 fully saturated rings. The van der Waals surface area contributed by atoms with Crippen LogP contribution in [0.5, 0.6) is 5.75 Å². The van der Waals surface area contributed by atoms with E-state index in [1.54, 1.807) is 0 Å². The summed E-state index contributed by atoms with van der Waals surface area (Å²) >= 11 is 0. The zero-order chi connectivity index (χ0) is 19.5. The molecule has 2 rings (SSSR count). The van der Waals surface area contributed by atoms with Crippen LogP contribution < -0.4 is 10.5 Å². The standard InChI is InChI=1S/C21H26N2O4/c1-25-20(24)6-4-3-5-15-27-19-13-11-17(12-14-19)16-7-9-18(10-8-16)21(22)23-26-2/h7-14H,3-6,15H2,1-2H3,(H2,22,23). The van der Waals surface area contributed by atoms with Gasteiger partial charge in [-0.2, -0.15) is 0 Å². The van der Waals surface area contributed by atoms with Crippen molar-refractivity contribution in [3.8, 4) is 16.9 Å². The number of hydrogen-bond donors (Lipinski definition) is 1. The molecule has 144 valence electrons. The number of rotatable bonds is 10. The van der Waals surface area contributed by atoms with Crippen molar-refractivity contribution in [3.05, 3.63) is 54.1 Å². The van der Waals surface area contributed by atoms with Gasteiger partial charge >= 0.3 is 5.97 Å². The van der Waals surface area contributed by atoms with Crippen molar-refractivity contribution in [2.45, 2.75) is 25.7 Å². The molecule has 0 heterocycles. The summed E-state index contributed by atoms with van der Waals surface area (Å²) in [5, 5.41) is 3.72. The van der Waals surface area contributed by atoms with Gasteiger partial charge in [-0.3, -0.25) is 4.79 Å². The van der Waals surface area contributed by atoms with Crippen LogP contribution in [0.3, 0.4) is 0 Å². The van der Waals surface area contributed by atoms with Gasteiger partial charge in [-0.15, -0.1) is 0 Å². The highest BCUT2D eigenvalue weighted by atomic mass is 16.6. The molecule has 27 heavy (non-hydrogen) atoms. The van der Waals surface area contributed by atoms with E-state index in [1.807, 2.05) is 48.5 Å². The lowest BCUT2D eigenvalue weighted by Crippen LogP contribution is -2.13. The first kappa shape index (κ1) is 20.3. The summed E-state index contributed by atoms with van der Waals surface area (Å²) in [4.78, 5) is 15.7. The Balaban J connectivity index is 1.81. The maximum absolute atomic E-state index is 11.0. The first-order valence-electron chi connectivity index (χ1n) is 8.91. The third kappa shape index (κ3) is 6.66. The third-order valence-corrected chi connectivity index (χ3v) is 4.08. The minimum atomic E-state index is -0.159. The van der Waals surface area contributed by atoms with Gasteiger partial charge in [-0.05, 0) is 42.5 Å². The fraction of sp³-hybridized carbons (Fsp3) is 0.333. The van der Waals surface area contributed by atoms with E-state index >= 15 is 0 Å². The second kappa shape index (κ2) is 10.9. The molecule has 2 aromatic carbocycles. The van der Waals surface area contributed by atoms with Gasteiger partial charge in [0.25, 0.3) is 0 Å². The molecule has 0 atom stereocenters. The van der Waals surface area contributed by atoms with Gasteiger partial charge in [-0.1, -0.05) is 41.6 Å². The normalized spacial score (nSPS) is 11.1. The molecule has 0 saturated heterocycles. The fourth-order valence-electron chi connectivity index (χ4n) is 2.57. The molecule has 0 spiro atoms. The summed E-state index contributed by atoms with van der Waals surface area (Å²) in [6, 6.07) is 15.8. The van der Waals surface area contributed by atoms with Crippen molar-refractivity contribution >= 4 is 11.8 Å². The summed E-state index contributed by atoms with van der Waals surface area (Å²) in [5.41, 5.74) is 8.78. The van der Waals surface area contributed by atoms with Crippen LogP contribution in [0.2, 0.25) is 0 Å². The Kier molecular flexibility index (Phi) is 8.16. The number of esters is 1. The van der Waals surface area contributed by atoms with E-state index in [0.29, 0.717) is 18.9 Å². The van der Waals surface area contributed by atoms with Crippen LogP contribution in [0, 0.1) is 0 Å². The summed E-state index contributed by atoms with van der Waals surface area (Å²) in [6.07, 6.45) is 3.14. The van der Waals surface area contributed by atoms with Gasteiger partial charge < -0.3 is 20.0 Å². The lowest BCUT2D eigenvalue weighted by Gasteiger charge is -2.08. The minimum absolute atomic E-state index is 0.159. The van der Waals surface area contributed by atoms with Gasteiger partial charge in [0, 0.05) is 12.0 Å². The van der Waals surface area contributed by atoms with E-state index in [-0.39, 0.29) is 5.97 Å². The maximum Gasteiger partial charge on any atom is 0.305 e. The Morgan fingerprint density at radius 3 is 2.15 bits per heavy atom. The van der Waals surface area contributed by atoms with Crippen molar-refractivity contribution in [1.29, 1.82) is 0 Å². The first-order chi connectivity index (χ1) is 13.1. The molecule has 0 unspecified atom stereocenters. The van der Waals surface area contributed by atoms with Crippen molar-refractivity contribution in [2.24, 2.45) is 10.9 Å². The van der Waals surface area contributed by atoms with Gasteiger partial charge in [-0.25, -0.2) is 0 Å². The zero-order valence-corrected chi connectivity index (χ0v) is 15.8. The molecule has 0 aliphatic heterocycles. The summed E-state index contributed by atoms with van der Waals surface area (Å²) in [6.45, 7) is 0.632. The van der Waals surface area contributed by atoms with Crippen molar-refractivity contribution in [3.63, 3.8) is 0 Å². The number of ether oxygens (including phenoxy) is 2. The van der Waals surface area contributed by atoms with Crippen molar-refractivity contribution < 1.29 is 19.1 Å². The Morgan fingerprint density at radius 2 is 1.56 bits per heavy atom. The van der Waals surface area contributed by atoms with Gasteiger partial charge in [0.05, 0.1) is 13.7 Å². The predicted molar refractivity (Wildman–Crippen MR) is 106 cm³/mol. The Labute approximate surface area is 159 Å². The zero-order valence-electron chi connectivity index (χ0n) is 15.8. The number of benzene rings is 2. The maximum atomic E-state index is 11.0. The summed E-state index contributed by atoms with van der Waals surface area (Å²) in [5.74, 6) is 1.02. The number of nitrogens with zero attached hydrogens (tertiary/aromatic N) is 1. The molecule has 0 radical (unpaired) electrons. The molecular weight excluding hydrogens is 344 g/mol. The Morgan fingerprint density at radius 1 is 0.926 bits per heavy atom. The number of unbranched alkanes of at least 4 members (excludes halogenated alkanes) is 2. The monoisotopic (exact) mass is 370 g/mol. The van der Waals surface area contributed by atoms with Crippen molar-refractivity contribution in [2.75, 3.05) is 20.8 Å². The van der Waals surface area contributed by atoms with Crippen LogP contribution in [0.4, 0.5) is 0 Å². The lowest BCUT2D eigenvalue weighted by molar-refractivity contribution is -0.140. The quantitative estimate of drug-likeness (QED) is 0.226. The lowest BCUT2D eigenvalue weighted by atomic mass is 10.0. The SMILES string of the molecule is CON=C(N)c1ccc(-c2ccc(OCCCCCC(=O)OC)cc2)cc1. The van der Waals surface area contributed by atoms with Crippen LogP contribution in [-0.2, 0) is 14.4 Å². The molecule has 0 bridgehead atoms. The third-order valence-electron chi connectivity index (χ3n) is 4.08. The van der Waals surface area contributed by atoms with E-state index in [9.17, 15) is 4.79 Å². The van der Waals surface area contributed by atoms with Crippen LogP contribution >= 0.6 is 0 Å². The number of oxime groups is 1. The van der Waals surface area contributed by atoms with E-state index in [4.69, 9.17) is 10.5 Å². The molecule has 6 nitrogen and oxygen atoms in total. The average molecular weight is 370 g/mol. The van der Waals surface area contributed by atoms with Crippen LogP contribution in [0.15, 0.2) is 53.7 Å². The van der Waals surface area contributed by atoms with Crippen LogP contribution in [0.1, 0.15) is 31.2 Å². The average Bonchev–Trinajstić information content (AvgIpc) is 2.71. The van der Waals surface area contributed by atoms with E-state index < -0.39 is 0 Å². The molecule has 2 aromatic rings. The smallest absolute Gasteiger partial charge is 0.305 e. The van der Waals surface area contributed by atoms with Gasteiger partial charge in [0.1, 0.15) is 12.9 Å². The molecule has 0 saturated carbocycles. The number of carbonyl (C=O) groups excluding carboxylic acids is 1. The van der Waals surface area contributed by atoms with Gasteiger partial charge in [0.15, 0.2) is 5.84 Å². The highest BCUT2D eigenvalue weighted by Gasteiger charge is 2.03. The molecular formula is C21H26N2O4. The van der Waals surface area contributed by atoms with Crippen molar-refractivity contribution in [1.82, 2.24) is 0 Å². The Bertz CT molecular complexity index is 740. The Hall–Kier alpha value is -3.02. The molecule has 0 aromatic heterocycles. The minimum Gasteiger partial charge on any atom is -0.494 e. The fourth-order valence-corrected chi connectivity index (χ4v) is 2.57. The second-order valence-electron chi connectivity index (χ2n) is 6.00. The molecule has 0 aliphatic rings. The number of amidine groups is 1. The van der Waals surface area contributed by atoms with Gasteiger partial charge in [0.2, 0.25) is 0 Å². The molecule has 0 amide bonds. The molecule has 2 N–H and O–H groups in total. The van der Waals surface area contributed by atoms with E-state index in [2.05, 4.69) is 14.7 Å². The number of carbonyl (C=O) groups is 1. The number of methoxy groups -OCH3 is 1. The van der Waals surface area contributed by atoms with E-state index in [0.717, 1.165) is 41.7 Å². The number of hydrogen-bond acceptors (Lipinski definition) is 5. The first-order valence-corrected chi connectivity index (χ1v) is 8.91. The second-order valence-corrected chi connectivity index (χ2v) is 6.00. The predicted octanol–water partition coefficient (Wildman–Crippen LogP) is 3.73. The summed E-state index contributed by atoms with van der Waals surface area (Å²) < 4.78 is 10.4. The molecule has 6 heteroatoms. The molecule has 0 aliphatic carbocycles. The summed E-state index contributed by atoms with van der Waals surface area (Å²) in [7, 11) is 2.88. The number of nitrogens with two attached hydrogens (primary N) is 1. The largest absolute Gasteiger partial charge is 0.494 e. The van der Waals surface area contributed by atoms with Crippen LogP contribution in [0.25, 0.3) is 11.1 Å². The van der Waals surface area contributed by atoms with E-state index in [1.165, 1.54) is 14.2 Å². The topological polar surface area (TPSA) is 83.1 Å².